The maximum Gasteiger partial charge on any atom is 0.176 e. The van der Waals surface area contributed by atoms with E-state index in [0.717, 1.165) is 5.56 Å². The number of thiol groups is 1. The van der Waals surface area contributed by atoms with Crippen molar-refractivity contribution in [2.45, 2.75) is 26.2 Å². The Balaban J connectivity index is 3.27. The van der Waals surface area contributed by atoms with Gasteiger partial charge in [-0.1, -0.05) is 26.8 Å². The van der Waals surface area contributed by atoms with Gasteiger partial charge in [0.2, 0.25) is 0 Å². The van der Waals surface area contributed by atoms with Crippen molar-refractivity contribution >= 4 is 18.4 Å². The first kappa shape index (κ1) is 13.1. The van der Waals surface area contributed by atoms with Crippen LogP contribution in [0.1, 0.15) is 36.7 Å². The number of carbonyl (C=O) groups is 1. The highest BCUT2D eigenvalue weighted by molar-refractivity contribution is 7.81. The number of benzene rings is 1. The Morgan fingerprint density at radius 3 is 2.44 bits per heavy atom. The minimum Gasteiger partial charge on any atom is -0.496 e. The summed E-state index contributed by atoms with van der Waals surface area (Å²) in [5.41, 5.74) is 1.76. The number of ketones is 1. The quantitative estimate of drug-likeness (QED) is 0.647. The molecule has 0 bridgehead atoms. The Morgan fingerprint density at radius 2 is 2.00 bits per heavy atom. The molecule has 0 unspecified atom stereocenters. The van der Waals surface area contributed by atoms with Crippen LogP contribution in [0.25, 0.3) is 0 Å². The van der Waals surface area contributed by atoms with E-state index in [2.05, 4.69) is 33.4 Å². The molecular weight excluding hydrogens is 220 g/mol. The van der Waals surface area contributed by atoms with E-state index in [1.165, 1.54) is 0 Å². The van der Waals surface area contributed by atoms with Crippen LogP contribution in [0.3, 0.4) is 0 Å². The second kappa shape index (κ2) is 4.91. The van der Waals surface area contributed by atoms with Gasteiger partial charge in [-0.25, -0.2) is 0 Å². The van der Waals surface area contributed by atoms with Gasteiger partial charge in [-0.05, 0) is 23.1 Å². The highest BCUT2D eigenvalue weighted by atomic mass is 32.1. The van der Waals surface area contributed by atoms with Crippen LogP contribution >= 0.6 is 12.6 Å². The molecule has 0 N–H and O–H groups in total. The van der Waals surface area contributed by atoms with E-state index in [1.807, 2.05) is 18.2 Å². The first-order valence-corrected chi connectivity index (χ1v) is 5.86. The lowest BCUT2D eigenvalue weighted by atomic mass is 9.85. The molecule has 88 valence electrons. The number of methoxy groups -OCH3 is 1. The van der Waals surface area contributed by atoms with Crippen molar-refractivity contribution in [3.8, 4) is 5.75 Å². The average Bonchev–Trinajstić information content (AvgIpc) is 2.25. The summed E-state index contributed by atoms with van der Waals surface area (Å²) in [6.45, 7) is 6.34. The minimum absolute atomic E-state index is 0.00807. The fourth-order valence-corrected chi connectivity index (χ4v) is 1.65. The summed E-state index contributed by atoms with van der Waals surface area (Å²) in [4.78, 5) is 11.7. The zero-order valence-electron chi connectivity index (χ0n) is 10.2. The topological polar surface area (TPSA) is 26.3 Å². The van der Waals surface area contributed by atoms with Gasteiger partial charge in [-0.3, -0.25) is 4.79 Å². The van der Waals surface area contributed by atoms with Crippen molar-refractivity contribution in [3.05, 3.63) is 29.3 Å². The standard InChI is InChI=1S/C13H18O2S/c1-13(2,3)9-5-6-12(15-4)10(7-9)11(14)8-16/h5-7,16H,8H2,1-4H3. The number of hydrogen-bond acceptors (Lipinski definition) is 3. The molecule has 1 aromatic rings. The average molecular weight is 238 g/mol. The van der Waals surface area contributed by atoms with Crippen molar-refractivity contribution < 1.29 is 9.53 Å². The van der Waals surface area contributed by atoms with E-state index >= 15 is 0 Å². The molecule has 0 aromatic heterocycles. The lowest BCUT2D eigenvalue weighted by Gasteiger charge is -2.20. The van der Waals surface area contributed by atoms with Crippen molar-refractivity contribution in [1.82, 2.24) is 0 Å². The Morgan fingerprint density at radius 1 is 1.38 bits per heavy atom. The number of hydrogen-bond donors (Lipinski definition) is 1. The number of ether oxygens (including phenoxy) is 1. The second-order valence-corrected chi connectivity index (χ2v) is 5.06. The molecule has 16 heavy (non-hydrogen) atoms. The van der Waals surface area contributed by atoms with Crippen LogP contribution in [0, 0.1) is 0 Å². The van der Waals surface area contributed by atoms with Gasteiger partial charge in [0.25, 0.3) is 0 Å². The zero-order valence-corrected chi connectivity index (χ0v) is 11.1. The molecule has 0 spiro atoms. The molecule has 2 nitrogen and oxygen atoms in total. The molecule has 1 aromatic carbocycles. The third-order valence-electron chi connectivity index (χ3n) is 2.51. The molecule has 0 aliphatic carbocycles. The third kappa shape index (κ3) is 2.79. The Hall–Kier alpha value is -0.960. The molecule has 0 saturated carbocycles. The van der Waals surface area contributed by atoms with Gasteiger partial charge in [0, 0.05) is 0 Å². The minimum atomic E-state index is -0.00807. The molecule has 3 heteroatoms. The monoisotopic (exact) mass is 238 g/mol. The van der Waals surface area contributed by atoms with E-state index in [0.29, 0.717) is 11.3 Å². The third-order valence-corrected chi connectivity index (χ3v) is 2.80. The van der Waals surface area contributed by atoms with Gasteiger partial charge in [-0.2, -0.15) is 12.6 Å². The van der Waals surface area contributed by atoms with Crippen LogP contribution in [0.15, 0.2) is 18.2 Å². The van der Waals surface area contributed by atoms with Crippen LogP contribution in [-0.4, -0.2) is 18.6 Å². The van der Waals surface area contributed by atoms with Gasteiger partial charge in [0.15, 0.2) is 5.78 Å². The lowest BCUT2D eigenvalue weighted by molar-refractivity contribution is 0.102. The Bertz CT molecular complexity index is 391. The summed E-state index contributed by atoms with van der Waals surface area (Å²) in [7, 11) is 1.57. The number of rotatable bonds is 3. The normalized spacial score (nSPS) is 11.3. The number of carbonyl (C=O) groups excluding carboxylic acids is 1. The van der Waals surface area contributed by atoms with Crippen molar-refractivity contribution in [2.75, 3.05) is 12.9 Å². The Kier molecular flexibility index (Phi) is 4.03. The van der Waals surface area contributed by atoms with Crippen molar-refractivity contribution in [1.29, 1.82) is 0 Å². The molecule has 1 rings (SSSR count). The molecular formula is C13H18O2S. The largest absolute Gasteiger partial charge is 0.496 e. The molecule has 0 amide bonds. The van der Waals surface area contributed by atoms with E-state index in [4.69, 9.17) is 4.74 Å². The van der Waals surface area contributed by atoms with Crippen LogP contribution in [-0.2, 0) is 5.41 Å². The van der Waals surface area contributed by atoms with Gasteiger partial charge in [0.1, 0.15) is 5.75 Å². The fraction of sp³-hybridized carbons (Fsp3) is 0.462. The van der Waals surface area contributed by atoms with Crippen LogP contribution in [0.2, 0.25) is 0 Å². The molecule has 0 aliphatic heterocycles. The molecule has 0 saturated heterocycles. The summed E-state index contributed by atoms with van der Waals surface area (Å²) in [5, 5.41) is 0. The van der Waals surface area contributed by atoms with Crippen molar-refractivity contribution in [3.63, 3.8) is 0 Å². The van der Waals surface area contributed by atoms with Crippen LogP contribution < -0.4 is 4.74 Å². The maximum absolute atomic E-state index is 11.7. The van der Waals surface area contributed by atoms with E-state index in [9.17, 15) is 4.79 Å². The van der Waals surface area contributed by atoms with Gasteiger partial charge in [0.05, 0.1) is 18.4 Å². The van der Waals surface area contributed by atoms with Crippen LogP contribution in [0.5, 0.6) is 5.75 Å². The molecule has 0 fully saturated rings. The first-order chi connectivity index (χ1) is 7.40. The molecule has 0 aliphatic rings. The lowest BCUT2D eigenvalue weighted by Crippen LogP contribution is -2.13. The smallest absolute Gasteiger partial charge is 0.176 e. The van der Waals surface area contributed by atoms with Crippen molar-refractivity contribution in [2.24, 2.45) is 0 Å². The second-order valence-electron chi connectivity index (χ2n) is 4.75. The number of Topliss-reactive ketones (excluding diaryl/α,β-unsaturated/α-hetero) is 1. The van der Waals surface area contributed by atoms with Gasteiger partial charge < -0.3 is 4.74 Å². The van der Waals surface area contributed by atoms with E-state index in [1.54, 1.807) is 7.11 Å². The summed E-state index contributed by atoms with van der Waals surface area (Å²) < 4.78 is 5.18. The summed E-state index contributed by atoms with van der Waals surface area (Å²) in [5.74, 6) is 0.808. The molecule has 0 atom stereocenters. The zero-order chi connectivity index (χ0) is 12.3. The van der Waals surface area contributed by atoms with Crippen LogP contribution in [0.4, 0.5) is 0 Å². The Labute approximate surface area is 102 Å². The first-order valence-electron chi connectivity index (χ1n) is 5.22. The van der Waals surface area contributed by atoms with Gasteiger partial charge in [-0.15, -0.1) is 0 Å². The van der Waals surface area contributed by atoms with E-state index in [-0.39, 0.29) is 17.0 Å². The summed E-state index contributed by atoms with van der Waals surface area (Å²) in [6.07, 6.45) is 0. The fourth-order valence-electron chi connectivity index (χ4n) is 1.48. The maximum atomic E-state index is 11.7. The predicted molar refractivity (Wildman–Crippen MR) is 69.9 cm³/mol. The SMILES string of the molecule is COc1ccc(C(C)(C)C)cc1C(=O)CS. The molecule has 0 heterocycles. The molecule has 0 radical (unpaired) electrons. The highest BCUT2D eigenvalue weighted by Gasteiger charge is 2.18. The highest BCUT2D eigenvalue weighted by Crippen LogP contribution is 2.28. The van der Waals surface area contributed by atoms with Gasteiger partial charge >= 0.3 is 0 Å². The predicted octanol–water partition coefficient (Wildman–Crippen LogP) is 3.11. The summed E-state index contributed by atoms with van der Waals surface area (Å²) in [6, 6.07) is 5.74. The summed E-state index contributed by atoms with van der Waals surface area (Å²) >= 11 is 4.01. The van der Waals surface area contributed by atoms with E-state index < -0.39 is 0 Å².